The van der Waals surface area contributed by atoms with Gasteiger partial charge in [-0.25, -0.2) is 0 Å². The SMILES string of the molecule is C[C@H](CCc1ccccc1)NC(=O)C[NH2+][C@@H](C)c1ccc(Cl)cc1. The lowest BCUT2D eigenvalue weighted by Gasteiger charge is -2.15. The molecular weight excluding hydrogens is 320 g/mol. The van der Waals surface area contributed by atoms with Crippen molar-refractivity contribution in [1.82, 2.24) is 5.32 Å². The van der Waals surface area contributed by atoms with Gasteiger partial charge in [0, 0.05) is 16.6 Å². The summed E-state index contributed by atoms with van der Waals surface area (Å²) in [4.78, 5) is 12.1. The molecule has 0 spiro atoms. The molecule has 2 atom stereocenters. The molecule has 128 valence electrons. The molecule has 0 heterocycles. The van der Waals surface area contributed by atoms with Gasteiger partial charge >= 0.3 is 0 Å². The number of nitrogens with one attached hydrogen (secondary N) is 1. The monoisotopic (exact) mass is 345 g/mol. The molecule has 0 aliphatic carbocycles. The number of hydrogen-bond acceptors (Lipinski definition) is 1. The van der Waals surface area contributed by atoms with Crippen LogP contribution in [0.15, 0.2) is 54.6 Å². The highest BCUT2D eigenvalue weighted by molar-refractivity contribution is 6.30. The molecule has 2 aromatic carbocycles. The second kappa shape index (κ2) is 9.45. The Hall–Kier alpha value is -1.84. The number of carbonyl (C=O) groups is 1. The van der Waals surface area contributed by atoms with Crippen molar-refractivity contribution >= 4 is 17.5 Å². The molecule has 4 heteroatoms. The van der Waals surface area contributed by atoms with E-state index in [9.17, 15) is 4.79 Å². The minimum absolute atomic E-state index is 0.0800. The topological polar surface area (TPSA) is 45.7 Å². The zero-order chi connectivity index (χ0) is 17.4. The van der Waals surface area contributed by atoms with Crippen LogP contribution in [0.4, 0.5) is 0 Å². The van der Waals surface area contributed by atoms with Crippen LogP contribution in [0, 0.1) is 0 Å². The molecule has 0 unspecified atom stereocenters. The summed E-state index contributed by atoms with van der Waals surface area (Å²) in [6, 6.07) is 18.5. The Bertz CT molecular complexity index is 628. The summed E-state index contributed by atoms with van der Waals surface area (Å²) in [5, 5.41) is 5.85. The molecule has 3 nitrogen and oxygen atoms in total. The maximum Gasteiger partial charge on any atom is 0.275 e. The third-order valence-electron chi connectivity index (χ3n) is 4.17. The number of quaternary nitrogens is 1. The molecule has 0 saturated heterocycles. The van der Waals surface area contributed by atoms with Crippen molar-refractivity contribution in [3.8, 4) is 0 Å². The number of nitrogens with two attached hydrogens (primary N) is 1. The van der Waals surface area contributed by atoms with Crippen LogP contribution in [0.5, 0.6) is 0 Å². The zero-order valence-electron chi connectivity index (χ0n) is 14.3. The van der Waals surface area contributed by atoms with Gasteiger partial charge in [0.1, 0.15) is 6.04 Å². The Kier molecular flexibility index (Phi) is 7.29. The fourth-order valence-electron chi connectivity index (χ4n) is 2.62. The molecule has 24 heavy (non-hydrogen) atoms. The van der Waals surface area contributed by atoms with Gasteiger partial charge in [0.05, 0.1) is 0 Å². The summed E-state index contributed by atoms with van der Waals surface area (Å²) in [7, 11) is 0. The molecule has 0 aliphatic rings. The number of rotatable bonds is 8. The van der Waals surface area contributed by atoms with Crippen LogP contribution >= 0.6 is 11.6 Å². The van der Waals surface area contributed by atoms with Gasteiger partial charge in [-0.1, -0.05) is 54.1 Å². The first-order chi connectivity index (χ1) is 11.5. The van der Waals surface area contributed by atoms with E-state index in [-0.39, 0.29) is 18.0 Å². The quantitative estimate of drug-likeness (QED) is 0.758. The lowest BCUT2D eigenvalue weighted by molar-refractivity contribution is -0.682. The number of halogens is 1. The van der Waals surface area contributed by atoms with Crippen LogP contribution in [-0.2, 0) is 11.2 Å². The van der Waals surface area contributed by atoms with E-state index in [1.165, 1.54) is 11.1 Å². The van der Waals surface area contributed by atoms with Crippen molar-refractivity contribution in [3.05, 3.63) is 70.7 Å². The first kappa shape index (κ1) is 18.5. The second-order valence-corrected chi connectivity index (χ2v) is 6.71. The molecule has 3 N–H and O–H groups in total. The third-order valence-corrected chi connectivity index (χ3v) is 4.42. The lowest BCUT2D eigenvalue weighted by Crippen LogP contribution is -2.87. The van der Waals surface area contributed by atoms with Crippen LogP contribution in [0.25, 0.3) is 0 Å². The van der Waals surface area contributed by atoms with Crippen LogP contribution in [0.2, 0.25) is 5.02 Å². The van der Waals surface area contributed by atoms with Gasteiger partial charge < -0.3 is 10.6 Å². The fraction of sp³-hybridized carbons (Fsp3) is 0.350. The number of amides is 1. The smallest absolute Gasteiger partial charge is 0.275 e. The first-order valence-electron chi connectivity index (χ1n) is 8.46. The van der Waals surface area contributed by atoms with Gasteiger partial charge in [-0.15, -0.1) is 0 Å². The zero-order valence-corrected chi connectivity index (χ0v) is 15.1. The summed E-state index contributed by atoms with van der Waals surface area (Å²) in [5.41, 5.74) is 2.48. The molecular formula is C20H26ClN2O+. The molecule has 1 amide bonds. The van der Waals surface area contributed by atoms with E-state index < -0.39 is 0 Å². The predicted octanol–water partition coefficient (Wildman–Crippen LogP) is 3.10. The van der Waals surface area contributed by atoms with Gasteiger partial charge in [-0.05, 0) is 44.4 Å². The van der Waals surface area contributed by atoms with Gasteiger partial charge in [0.25, 0.3) is 5.91 Å². The summed E-state index contributed by atoms with van der Waals surface area (Å²) >= 11 is 5.90. The predicted molar refractivity (Wildman–Crippen MR) is 99.0 cm³/mol. The first-order valence-corrected chi connectivity index (χ1v) is 8.84. The maximum absolute atomic E-state index is 12.1. The van der Waals surface area contributed by atoms with Gasteiger partial charge in [-0.3, -0.25) is 4.79 Å². The van der Waals surface area contributed by atoms with E-state index in [4.69, 9.17) is 11.6 Å². The number of hydrogen-bond donors (Lipinski definition) is 2. The summed E-state index contributed by atoms with van der Waals surface area (Å²) in [5.74, 6) is 0.0800. The van der Waals surface area contributed by atoms with Crippen LogP contribution in [0.3, 0.4) is 0 Å². The van der Waals surface area contributed by atoms with E-state index in [0.717, 1.165) is 17.9 Å². The molecule has 0 radical (unpaired) electrons. The number of carbonyl (C=O) groups excluding carboxylic acids is 1. The molecule has 0 bridgehead atoms. The van der Waals surface area contributed by atoms with Crippen molar-refractivity contribution in [2.24, 2.45) is 0 Å². The van der Waals surface area contributed by atoms with Gasteiger partial charge in [0.15, 0.2) is 6.54 Å². The summed E-state index contributed by atoms with van der Waals surface area (Å²) < 4.78 is 0. The third kappa shape index (κ3) is 6.34. The molecule has 0 saturated carbocycles. The summed E-state index contributed by atoms with van der Waals surface area (Å²) in [6.07, 6.45) is 1.93. The Balaban J connectivity index is 1.69. The highest BCUT2D eigenvalue weighted by Gasteiger charge is 2.13. The number of benzene rings is 2. The Morgan fingerprint density at radius 1 is 1.08 bits per heavy atom. The van der Waals surface area contributed by atoms with E-state index in [1.54, 1.807) is 0 Å². The Labute approximate surface area is 149 Å². The molecule has 0 aliphatic heterocycles. The lowest BCUT2D eigenvalue weighted by atomic mass is 10.1. The van der Waals surface area contributed by atoms with Crippen LogP contribution in [-0.4, -0.2) is 18.5 Å². The Morgan fingerprint density at radius 3 is 2.42 bits per heavy atom. The van der Waals surface area contributed by atoms with E-state index in [2.05, 4.69) is 31.3 Å². The van der Waals surface area contributed by atoms with Crippen molar-refractivity contribution in [2.45, 2.75) is 38.8 Å². The van der Waals surface area contributed by atoms with Crippen molar-refractivity contribution < 1.29 is 10.1 Å². The van der Waals surface area contributed by atoms with Crippen molar-refractivity contribution in [2.75, 3.05) is 6.54 Å². The standard InChI is InChI=1S/C20H25ClN2O/c1-15(8-9-17-6-4-3-5-7-17)23-20(24)14-22-16(2)18-10-12-19(21)13-11-18/h3-7,10-13,15-16,22H,8-9,14H2,1-2H3,(H,23,24)/p+1/t15-,16+/m1/s1. The number of aryl methyl sites for hydroxylation is 1. The van der Waals surface area contributed by atoms with Crippen molar-refractivity contribution in [3.63, 3.8) is 0 Å². The molecule has 0 fully saturated rings. The highest BCUT2D eigenvalue weighted by Crippen LogP contribution is 2.13. The second-order valence-electron chi connectivity index (χ2n) is 6.27. The molecule has 2 aromatic rings. The van der Waals surface area contributed by atoms with Gasteiger partial charge in [-0.2, -0.15) is 0 Å². The van der Waals surface area contributed by atoms with Crippen LogP contribution < -0.4 is 10.6 Å². The summed E-state index contributed by atoms with van der Waals surface area (Å²) in [6.45, 7) is 4.58. The average Bonchev–Trinajstić information content (AvgIpc) is 2.59. The minimum Gasteiger partial charge on any atom is -0.349 e. The van der Waals surface area contributed by atoms with E-state index in [1.807, 2.05) is 47.8 Å². The van der Waals surface area contributed by atoms with Crippen molar-refractivity contribution in [1.29, 1.82) is 0 Å². The fourth-order valence-corrected chi connectivity index (χ4v) is 2.75. The van der Waals surface area contributed by atoms with E-state index in [0.29, 0.717) is 6.54 Å². The highest BCUT2D eigenvalue weighted by atomic mass is 35.5. The molecule has 2 rings (SSSR count). The van der Waals surface area contributed by atoms with Gasteiger partial charge in [0.2, 0.25) is 0 Å². The maximum atomic E-state index is 12.1. The average molecular weight is 346 g/mol. The van der Waals surface area contributed by atoms with Crippen LogP contribution in [0.1, 0.15) is 37.4 Å². The normalized spacial score (nSPS) is 13.3. The van der Waals surface area contributed by atoms with E-state index >= 15 is 0 Å². The molecule has 0 aromatic heterocycles. The largest absolute Gasteiger partial charge is 0.349 e. The minimum atomic E-state index is 0.0800. The Morgan fingerprint density at radius 2 is 1.75 bits per heavy atom.